The third kappa shape index (κ3) is 36.8. The minimum atomic E-state index is -1.44. The molecule has 6 unspecified atom stereocenters. The molecule has 0 radical (unpaired) electrons. The summed E-state index contributed by atoms with van der Waals surface area (Å²) in [6.07, 6.45) is -4.35. The van der Waals surface area contributed by atoms with Crippen molar-refractivity contribution in [1.82, 2.24) is 0 Å². The Morgan fingerprint density at radius 3 is 0.592 bits per heavy atom. The predicted molar refractivity (Wildman–Crippen MR) is 525 cm³/mol. The molecule has 0 aromatic heterocycles. The molecule has 2 fully saturated rings. The normalized spacial score (nSPS) is 14.4. The van der Waals surface area contributed by atoms with E-state index in [9.17, 15) is 39.6 Å². The van der Waals surface area contributed by atoms with E-state index in [2.05, 4.69) is 79.7 Å². The summed E-state index contributed by atoms with van der Waals surface area (Å²) < 4.78 is 135. The quantitative estimate of drug-likeness (QED) is 0.0119. The number of hydrogen-bond donors (Lipinski definition) is 4. The van der Waals surface area contributed by atoms with E-state index < -0.39 is 94.6 Å². The van der Waals surface area contributed by atoms with Crippen molar-refractivity contribution in [2.75, 3.05) is 226 Å². The first-order valence-electron chi connectivity index (χ1n) is 47.9. The van der Waals surface area contributed by atoms with Crippen molar-refractivity contribution >= 4 is 23.9 Å². The Hall–Kier alpha value is -11.4. The van der Waals surface area contributed by atoms with Crippen LogP contribution in [-0.4, -0.2) is 307 Å². The van der Waals surface area contributed by atoms with E-state index >= 15 is 0 Å². The van der Waals surface area contributed by atoms with Crippen LogP contribution in [0.2, 0.25) is 0 Å². The van der Waals surface area contributed by atoms with Crippen molar-refractivity contribution in [2.45, 2.75) is 114 Å². The highest BCUT2D eigenvalue weighted by atomic mass is 16.6. The van der Waals surface area contributed by atoms with Gasteiger partial charge in [0.1, 0.15) is 162 Å². The topological polar surface area (TPSA) is 377 Å². The van der Waals surface area contributed by atoms with Gasteiger partial charge in [-0.15, -0.1) is 0 Å². The average Bonchev–Trinajstić information content (AvgIpc) is 0.805. The maximum Gasteiger partial charge on any atom is 0.339 e. The number of ether oxygens (including phenoxy) is 24. The summed E-state index contributed by atoms with van der Waals surface area (Å²) in [5.41, 5.74) is 4.43. The standard InChI is InChI=1S/C110H138O32/c1-107(2,77-11-27-89(28-12-77)131-65-85(111)67-133-91-31-15-81(16-32-91)109(5,6)83-23-39-95(40-24-83)137-73-97-75-139-97)79-19-35-93(36-20-79)135-69-87(113)71-141-105(117)101-63-100(104(116)130-62-60-128-58-56-126-54-52-124-50-48-122-46-44-120-10)102(64-99(101)103(115)129-61-59-127-57-55-125-53-51-123-49-47-121-45-43-119-9)106(118)142-72-88(114)70-136-94-37-21-80(22-38-94)108(3,4)78-13-29-90(30-14-78)132-66-86(112)68-134-92-33-17-82(18-34-92)110(7,8)84-25-41-96(42-26-84)138-74-98-76-140-98/h11-42,63-64,85-88,97-98,111-114H,43-62,65-76H2,1-10H3. The van der Waals surface area contributed by atoms with Gasteiger partial charge in [-0.05, 0) is 154 Å². The molecule has 770 valence electrons. The van der Waals surface area contributed by atoms with Gasteiger partial charge in [-0.25, -0.2) is 19.2 Å². The monoisotopic (exact) mass is 1970 g/mol. The first-order chi connectivity index (χ1) is 68.7. The Kier molecular flexibility index (Phi) is 45.2. The van der Waals surface area contributed by atoms with Crippen LogP contribution < -0.4 is 37.9 Å². The number of hydrogen-bond acceptors (Lipinski definition) is 32. The van der Waals surface area contributed by atoms with Crippen LogP contribution in [0.4, 0.5) is 0 Å². The molecule has 0 saturated carbocycles. The van der Waals surface area contributed by atoms with E-state index in [1.54, 1.807) is 38.5 Å². The summed E-state index contributed by atoms with van der Waals surface area (Å²) in [6, 6.07) is 63.4. The second kappa shape index (κ2) is 57.8. The molecule has 32 nitrogen and oxygen atoms in total. The van der Waals surface area contributed by atoms with Crippen molar-refractivity contribution in [2.24, 2.45) is 0 Å². The van der Waals surface area contributed by atoms with Gasteiger partial charge in [0.25, 0.3) is 0 Å². The fourth-order valence-electron chi connectivity index (χ4n) is 14.6. The molecule has 0 spiro atoms. The molecule has 9 aromatic rings. The summed E-state index contributed by atoms with van der Waals surface area (Å²) in [5.74, 6) is -0.0135. The maximum absolute atomic E-state index is 14.5. The highest BCUT2D eigenvalue weighted by Crippen LogP contribution is 2.39. The molecule has 2 aliphatic heterocycles. The lowest BCUT2D eigenvalue weighted by Gasteiger charge is -2.27. The summed E-state index contributed by atoms with van der Waals surface area (Å²) >= 11 is 0. The van der Waals surface area contributed by atoms with Crippen LogP contribution in [0.15, 0.2) is 206 Å². The molecule has 0 amide bonds. The van der Waals surface area contributed by atoms with Gasteiger partial charge in [-0.2, -0.15) is 0 Å². The van der Waals surface area contributed by atoms with Gasteiger partial charge in [-0.3, -0.25) is 0 Å². The average molecular weight is 1970 g/mol. The summed E-state index contributed by atoms with van der Waals surface area (Å²) in [7, 11) is 3.18. The van der Waals surface area contributed by atoms with E-state index in [1.807, 2.05) is 146 Å². The van der Waals surface area contributed by atoms with Crippen LogP contribution in [0.3, 0.4) is 0 Å². The molecular formula is C110H138O32. The molecular weight excluding hydrogens is 1830 g/mol. The van der Waals surface area contributed by atoms with Gasteiger partial charge < -0.3 is 134 Å². The van der Waals surface area contributed by atoms with Crippen LogP contribution in [0, 0.1) is 0 Å². The summed E-state index contributed by atoms with van der Waals surface area (Å²) in [4.78, 5) is 57.6. The molecule has 11 rings (SSSR count). The lowest BCUT2D eigenvalue weighted by atomic mass is 9.78. The van der Waals surface area contributed by atoms with Gasteiger partial charge >= 0.3 is 23.9 Å². The largest absolute Gasteiger partial charge is 0.491 e. The lowest BCUT2D eigenvalue weighted by molar-refractivity contribution is -0.0130. The number of epoxide rings is 2. The van der Waals surface area contributed by atoms with Gasteiger partial charge in [0, 0.05) is 35.9 Å². The molecule has 6 atom stereocenters. The number of benzene rings is 9. The van der Waals surface area contributed by atoms with Crippen molar-refractivity contribution in [3.05, 3.63) is 273 Å². The SMILES string of the molecule is COCCOCCOCCOCCOCCOC(=O)c1cc(C(=O)OCC(O)COc2ccc(C(C)(C)c3ccc(OCC(O)COc4ccc(C(C)(C)c5ccc(OCC6CO6)cc5)cc4)cc3)cc2)c(C(=O)OCCOCCOCCOCCOCCOC)cc1C(=O)OCC(O)COc1ccc(C(C)(C)c2ccc(OCC(O)COc3ccc(C(C)(C)c4ccc(OCC5CO5)cc4)cc3)cc2)cc1. The second-order valence-electron chi connectivity index (χ2n) is 36.0. The maximum atomic E-state index is 14.5. The van der Waals surface area contributed by atoms with E-state index in [-0.39, 0.29) is 129 Å². The first kappa shape index (κ1) is 111. The summed E-state index contributed by atoms with van der Waals surface area (Å²) in [6.45, 7) is 21.6. The highest BCUT2D eigenvalue weighted by molar-refractivity contribution is 6.10. The number of rotatable bonds is 70. The van der Waals surface area contributed by atoms with Crippen molar-refractivity contribution in [3.63, 3.8) is 0 Å². The van der Waals surface area contributed by atoms with E-state index in [0.717, 1.165) is 81.4 Å². The van der Waals surface area contributed by atoms with Crippen molar-refractivity contribution in [1.29, 1.82) is 0 Å². The zero-order chi connectivity index (χ0) is 101. The number of esters is 4. The molecule has 32 heteroatoms. The lowest BCUT2D eigenvalue weighted by Crippen LogP contribution is -2.28. The van der Waals surface area contributed by atoms with Crippen molar-refractivity contribution in [3.8, 4) is 46.0 Å². The highest BCUT2D eigenvalue weighted by Gasteiger charge is 2.34. The van der Waals surface area contributed by atoms with Gasteiger partial charge in [0.2, 0.25) is 0 Å². The van der Waals surface area contributed by atoms with E-state index in [4.69, 9.17) is 114 Å². The van der Waals surface area contributed by atoms with Gasteiger partial charge in [-0.1, -0.05) is 152 Å². The third-order valence-electron chi connectivity index (χ3n) is 23.8. The van der Waals surface area contributed by atoms with Crippen LogP contribution in [0.5, 0.6) is 46.0 Å². The predicted octanol–water partition coefficient (Wildman–Crippen LogP) is 13.1. The third-order valence-corrected chi connectivity index (χ3v) is 23.8. The molecule has 0 bridgehead atoms. The fraction of sp³-hybridized carbons (Fsp3) is 0.473. The Morgan fingerprint density at radius 2 is 0.408 bits per heavy atom. The fourth-order valence-corrected chi connectivity index (χ4v) is 14.6. The van der Waals surface area contributed by atoms with E-state index in [0.29, 0.717) is 114 Å². The minimum absolute atomic E-state index is 0.00249. The summed E-state index contributed by atoms with van der Waals surface area (Å²) in [5, 5.41) is 44.4. The number of aliphatic hydroxyl groups excluding tert-OH is 4. The number of carbonyl (C=O) groups is 4. The smallest absolute Gasteiger partial charge is 0.339 e. The Morgan fingerprint density at radius 1 is 0.246 bits per heavy atom. The number of carbonyl (C=O) groups excluding carboxylic acids is 4. The second-order valence-corrected chi connectivity index (χ2v) is 36.0. The molecule has 142 heavy (non-hydrogen) atoms. The minimum Gasteiger partial charge on any atom is -0.491 e. The molecule has 0 aliphatic carbocycles. The molecule has 9 aromatic carbocycles. The number of aliphatic hydroxyl groups is 4. The Bertz CT molecular complexity index is 4860. The van der Waals surface area contributed by atoms with Crippen molar-refractivity contribution < 1.29 is 153 Å². The Labute approximate surface area is 831 Å². The molecule has 2 aliphatic rings. The number of methoxy groups -OCH3 is 2. The molecule has 2 heterocycles. The zero-order valence-electron chi connectivity index (χ0n) is 82.9. The van der Waals surface area contributed by atoms with Crippen LogP contribution >= 0.6 is 0 Å². The van der Waals surface area contributed by atoms with Gasteiger partial charge in [0.05, 0.1) is 154 Å². The van der Waals surface area contributed by atoms with Gasteiger partial charge in [0.15, 0.2) is 0 Å². The first-order valence-corrected chi connectivity index (χ1v) is 47.9. The molecule has 2 saturated heterocycles. The van der Waals surface area contributed by atoms with E-state index in [1.165, 1.54) is 0 Å². The molecule has 4 N–H and O–H groups in total. The zero-order valence-corrected chi connectivity index (χ0v) is 82.9. The Balaban J connectivity index is 0.673. The van der Waals surface area contributed by atoms with Crippen LogP contribution in [-0.2, 0) is 97.4 Å². The van der Waals surface area contributed by atoms with Crippen LogP contribution in [0.1, 0.15) is 141 Å². The van der Waals surface area contributed by atoms with Crippen LogP contribution in [0.25, 0.3) is 0 Å².